The molecule has 2 amide bonds. The van der Waals surface area contributed by atoms with E-state index in [1.165, 1.54) is 19.1 Å². The van der Waals surface area contributed by atoms with E-state index in [9.17, 15) is 22.8 Å². The Labute approximate surface area is 134 Å². The lowest BCUT2D eigenvalue weighted by atomic mass is 9.77. The fourth-order valence-corrected chi connectivity index (χ4v) is 2.93. The van der Waals surface area contributed by atoms with Crippen LogP contribution in [-0.2, 0) is 15.0 Å². The van der Waals surface area contributed by atoms with Crippen LogP contribution >= 0.6 is 0 Å². The first-order valence-corrected chi connectivity index (χ1v) is 6.97. The molecule has 0 saturated carbocycles. The second-order valence-corrected chi connectivity index (χ2v) is 5.61. The van der Waals surface area contributed by atoms with Crippen molar-refractivity contribution in [3.63, 3.8) is 0 Å². The Morgan fingerprint density at radius 2 is 1.88 bits per heavy atom. The number of primary amides is 1. The van der Waals surface area contributed by atoms with Gasteiger partial charge in [-0.3, -0.25) is 14.5 Å². The van der Waals surface area contributed by atoms with Gasteiger partial charge in [0, 0.05) is 0 Å². The Hall–Kier alpha value is -2.90. The van der Waals surface area contributed by atoms with Gasteiger partial charge in [0.15, 0.2) is 11.6 Å². The predicted molar refractivity (Wildman–Crippen MR) is 78.6 cm³/mol. The molecule has 0 saturated heterocycles. The van der Waals surface area contributed by atoms with Gasteiger partial charge in [-0.15, -0.1) is 0 Å². The van der Waals surface area contributed by atoms with Crippen LogP contribution in [0.15, 0.2) is 30.5 Å². The molecule has 124 valence electrons. The summed E-state index contributed by atoms with van der Waals surface area (Å²) >= 11 is 0. The molecule has 0 unspecified atom stereocenters. The smallest absolute Gasteiger partial charge is 0.243 e. The van der Waals surface area contributed by atoms with Gasteiger partial charge >= 0.3 is 0 Å². The summed E-state index contributed by atoms with van der Waals surface area (Å²) in [6.45, 7) is 0.841. The minimum atomic E-state index is -1.66. The summed E-state index contributed by atoms with van der Waals surface area (Å²) in [5.74, 6) is -4.71. The maximum absolute atomic E-state index is 14.5. The van der Waals surface area contributed by atoms with Gasteiger partial charge in [0.1, 0.15) is 23.6 Å². The van der Waals surface area contributed by atoms with E-state index >= 15 is 0 Å². The van der Waals surface area contributed by atoms with E-state index in [4.69, 9.17) is 5.73 Å². The molecule has 1 aromatic heterocycles. The number of nitrogens with zero attached hydrogens (tertiary/aromatic N) is 2. The predicted octanol–water partition coefficient (Wildman–Crippen LogP) is 1.64. The summed E-state index contributed by atoms with van der Waals surface area (Å²) in [6, 6.07) is 4.81. The highest BCUT2D eigenvalue weighted by atomic mass is 19.2. The van der Waals surface area contributed by atoms with E-state index in [-0.39, 0.29) is 16.9 Å². The molecule has 0 spiro atoms. The Bertz CT molecular complexity index is 854. The van der Waals surface area contributed by atoms with Gasteiger partial charge in [-0.2, -0.15) is 0 Å². The van der Waals surface area contributed by atoms with Crippen LogP contribution in [0.25, 0.3) is 0 Å². The highest BCUT2D eigenvalue weighted by Crippen LogP contribution is 2.46. The molecule has 1 atom stereocenters. The number of hydrogen-bond acceptors (Lipinski definition) is 3. The largest absolute Gasteiger partial charge is 0.368 e. The molecule has 0 bridgehead atoms. The number of pyridine rings is 1. The lowest BCUT2D eigenvalue weighted by molar-refractivity contribution is -0.124. The third-order valence-electron chi connectivity index (χ3n) is 4.12. The Kier molecular flexibility index (Phi) is 3.55. The molecular formula is C16H12F3N3O2. The molecular weight excluding hydrogens is 323 g/mol. The fraction of sp³-hybridized carbons (Fsp3) is 0.188. The summed E-state index contributed by atoms with van der Waals surface area (Å²) in [7, 11) is 0. The average Bonchev–Trinajstić information content (AvgIpc) is 2.74. The maximum Gasteiger partial charge on any atom is 0.243 e. The van der Waals surface area contributed by atoms with E-state index in [1.807, 2.05) is 0 Å². The number of halogens is 3. The Balaban J connectivity index is 2.28. The molecule has 0 radical (unpaired) electrons. The third kappa shape index (κ3) is 2.14. The van der Waals surface area contributed by atoms with E-state index in [1.54, 1.807) is 0 Å². The maximum atomic E-state index is 14.5. The van der Waals surface area contributed by atoms with Crippen LogP contribution in [-0.4, -0.2) is 23.3 Å². The summed E-state index contributed by atoms with van der Waals surface area (Å²) < 4.78 is 41.3. The Morgan fingerprint density at radius 1 is 1.25 bits per heavy atom. The summed E-state index contributed by atoms with van der Waals surface area (Å²) in [5.41, 5.74) is 3.41. The van der Waals surface area contributed by atoms with Gasteiger partial charge in [0.2, 0.25) is 11.8 Å². The molecule has 3 rings (SSSR count). The van der Waals surface area contributed by atoms with Crippen LogP contribution < -0.4 is 10.6 Å². The minimum Gasteiger partial charge on any atom is -0.368 e. The van der Waals surface area contributed by atoms with E-state index in [0.717, 1.165) is 17.0 Å². The number of amides is 2. The van der Waals surface area contributed by atoms with E-state index in [0.29, 0.717) is 6.20 Å². The van der Waals surface area contributed by atoms with Gasteiger partial charge in [-0.05, 0) is 24.6 Å². The first-order valence-electron chi connectivity index (χ1n) is 6.97. The van der Waals surface area contributed by atoms with Crippen molar-refractivity contribution in [3.8, 4) is 0 Å². The highest BCUT2D eigenvalue weighted by molar-refractivity contribution is 6.11. The van der Waals surface area contributed by atoms with Gasteiger partial charge in [0.25, 0.3) is 0 Å². The van der Waals surface area contributed by atoms with E-state index in [2.05, 4.69) is 4.98 Å². The topological polar surface area (TPSA) is 76.3 Å². The quantitative estimate of drug-likeness (QED) is 0.926. The molecule has 2 N–H and O–H groups in total. The van der Waals surface area contributed by atoms with Crippen molar-refractivity contribution < 1.29 is 22.8 Å². The summed E-state index contributed by atoms with van der Waals surface area (Å²) in [5, 5.41) is 0. The lowest BCUT2D eigenvalue weighted by Crippen LogP contribution is -2.43. The first-order chi connectivity index (χ1) is 11.3. The molecule has 0 aliphatic carbocycles. The number of fused-ring (bicyclic) bond motifs is 1. The second kappa shape index (κ2) is 5.33. The molecule has 1 aliphatic heterocycles. The normalized spacial score (nSPS) is 19.5. The number of nitrogens with two attached hydrogens (primary N) is 1. The number of carbonyl (C=O) groups is 2. The minimum absolute atomic E-state index is 0.176. The van der Waals surface area contributed by atoms with Crippen LogP contribution in [0.3, 0.4) is 0 Å². The lowest BCUT2D eigenvalue weighted by Gasteiger charge is -2.24. The van der Waals surface area contributed by atoms with Gasteiger partial charge in [-0.25, -0.2) is 18.2 Å². The average molecular weight is 335 g/mol. The highest BCUT2D eigenvalue weighted by Gasteiger charge is 2.52. The van der Waals surface area contributed by atoms with Crippen LogP contribution in [0.1, 0.15) is 18.1 Å². The van der Waals surface area contributed by atoms with Crippen molar-refractivity contribution in [3.05, 3.63) is 59.0 Å². The number of aromatic nitrogens is 1. The number of rotatable bonds is 3. The summed E-state index contributed by atoms with van der Waals surface area (Å²) in [6.07, 6.45) is 0.631. The molecule has 2 heterocycles. The van der Waals surface area contributed by atoms with Crippen LogP contribution in [0.5, 0.6) is 0 Å². The number of hydrogen-bond donors (Lipinski definition) is 1. The van der Waals surface area contributed by atoms with Crippen molar-refractivity contribution in [2.75, 3.05) is 11.4 Å². The fourth-order valence-electron chi connectivity index (χ4n) is 2.93. The zero-order valence-electron chi connectivity index (χ0n) is 12.5. The molecule has 5 nitrogen and oxygen atoms in total. The van der Waals surface area contributed by atoms with Crippen molar-refractivity contribution >= 4 is 17.6 Å². The zero-order valence-corrected chi connectivity index (χ0v) is 12.5. The zero-order chi connectivity index (χ0) is 17.6. The van der Waals surface area contributed by atoms with Crippen LogP contribution in [0, 0.1) is 17.5 Å². The van der Waals surface area contributed by atoms with E-state index < -0.39 is 41.2 Å². The third-order valence-corrected chi connectivity index (χ3v) is 4.12. The van der Waals surface area contributed by atoms with Crippen molar-refractivity contribution in [2.45, 2.75) is 12.3 Å². The monoisotopic (exact) mass is 335 g/mol. The van der Waals surface area contributed by atoms with Crippen LogP contribution in [0.4, 0.5) is 19.0 Å². The number of benzene rings is 1. The van der Waals surface area contributed by atoms with Crippen molar-refractivity contribution in [1.29, 1.82) is 0 Å². The molecule has 2 aromatic rings. The standard InChI is InChI=1S/C16H12F3N3O2/c1-16(8-2-4-9(17)5-3-8)12-13(19)10(18)6-21-14(12)22(15(16)24)7-11(20)23/h2-6H,7H2,1H3,(H2,20,23)/t16-/m1/s1. The first kappa shape index (κ1) is 16.0. The molecule has 1 aliphatic rings. The molecule has 0 fully saturated rings. The van der Waals surface area contributed by atoms with Gasteiger partial charge < -0.3 is 5.73 Å². The second-order valence-electron chi connectivity index (χ2n) is 5.61. The van der Waals surface area contributed by atoms with Crippen molar-refractivity contribution in [1.82, 2.24) is 4.98 Å². The SMILES string of the molecule is C[C@]1(c2ccc(F)cc2)C(=O)N(CC(N)=O)c2ncc(F)c(F)c21. The summed E-state index contributed by atoms with van der Waals surface area (Å²) in [4.78, 5) is 28.8. The van der Waals surface area contributed by atoms with Crippen LogP contribution in [0.2, 0.25) is 0 Å². The Morgan fingerprint density at radius 3 is 2.46 bits per heavy atom. The van der Waals surface area contributed by atoms with Crippen molar-refractivity contribution in [2.24, 2.45) is 5.73 Å². The number of anilines is 1. The van der Waals surface area contributed by atoms with Gasteiger partial charge in [0.05, 0.1) is 11.8 Å². The van der Waals surface area contributed by atoms with Gasteiger partial charge in [-0.1, -0.05) is 12.1 Å². The molecule has 8 heteroatoms. The number of carbonyl (C=O) groups excluding carboxylic acids is 2. The molecule has 24 heavy (non-hydrogen) atoms. The molecule has 1 aromatic carbocycles.